The molecule has 2 rings (SSSR count). The van der Waals surface area contributed by atoms with E-state index in [0.29, 0.717) is 11.5 Å². The van der Waals surface area contributed by atoms with Crippen molar-refractivity contribution in [1.29, 1.82) is 0 Å². The number of nitroso groups, excluding NO2 is 1. The average Bonchev–Trinajstić information content (AvgIpc) is 2.62. The molecule has 0 radical (unpaired) electrons. The molecule has 8 heteroatoms. The van der Waals surface area contributed by atoms with Gasteiger partial charge in [0.05, 0.1) is 12.1 Å². The Morgan fingerprint density at radius 2 is 1.56 bits per heavy atom. The molecule has 2 aromatic rings. The van der Waals surface area contributed by atoms with E-state index in [4.69, 9.17) is 13.8 Å². The third kappa shape index (κ3) is 6.55. The quantitative estimate of drug-likeness (QED) is 0.324. The monoisotopic (exact) mass is 390 g/mol. The van der Waals surface area contributed by atoms with E-state index >= 15 is 0 Å². The van der Waals surface area contributed by atoms with E-state index in [-0.39, 0.29) is 17.5 Å². The second-order valence-electron chi connectivity index (χ2n) is 6.06. The van der Waals surface area contributed by atoms with Crippen LogP contribution in [0, 0.1) is 4.91 Å². The van der Waals surface area contributed by atoms with E-state index in [2.05, 4.69) is 16.8 Å². The summed E-state index contributed by atoms with van der Waals surface area (Å²) < 4.78 is 30.2. The molecule has 0 aromatic heterocycles. The van der Waals surface area contributed by atoms with Gasteiger partial charge in [-0.05, 0) is 62.3 Å². The summed E-state index contributed by atoms with van der Waals surface area (Å²) >= 11 is 0. The van der Waals surface area contributed by atoms with Gasteiger partial charge in [0.25, 0.3) is 0 Å². The smallest absolute Gasteiger partial charge is 0.494 e. The first-order valence-corrected chi connectivity index (χ1v) is 9.96. The van der Waals surface area contributed by atoms with Gasteiger partial charge in [0.1, 0.15) is 22.9 Å². The van der Waals surface area contributed by atoms with Gasteiger partial charge in [-0.1, -0.05) is 24.8 Å². The predicted octanol–water partition coefficient (Wildman–Crippen LogP) is 5.57. The summed E-state index contributed by atoms with van der Waals surface area (Å²) in [4.78, 5) is 10.5. The zero-order valence-electron chi connectivity index (χ0n) is 15.5. The molecule has 0 fully saturated rings. The largest absolute Gasteiger partial charge is 0.513 e. The van der Waals surface area contributed by atoms with Crippen LogP contribution in [0.2, 0.25) is 0 Å². The highest BCUT2D eigenvalue weighted by Gasteiger charge is 2.32. The number of hydrogen-bond acceptors (Lipinski definition) is 6. The van der Waals surface area contributed by atoms with Crippen LogP contribution in [0.25, 0.3) is 0 Å². The zero-order chi connectivity index (χ0) is 19.9. The van der Waals surface area contributed by atoms with E-state index in [1.165, 1.54) is 24.3 Å². The molecule has 27 heavy (non-hydrogen) atoms. The molecule has 2 aromatic carbocycles. The van der Waals surface area contributed by atoms with E-state index in [9.17, 15) is 9.47 Å². The van der Waals surface area contributed by atoms with E-state index in [1.807, 2.05) is 19.9 Å². The molecular formula is C19H23N2O5P. The van der Waals surface area contributed by atoms with Crippen molar-refractivity contribution in [2.75, 3.05) is 0 Å². The Hall–Kier alpha value is -2.63. The van der Waals surface area contributed by atoms with Crippen LogP contribution in [-0.4, -0.2) is 12.1 Å². The van der Waals surface area contributed by atoms with Crippen LogP contribution in [0.15, 0.2) is 72.1 Å². The molecule has 0 bridgehead atoms. The van der Waals surface area contributed by atoms with E-state index < -0.39 is 13.8 Å². The minimum absolute atomic E-state index is 0.0690. The Bertz CT molecular complexity index is 809. The van der Waals surface area contributed by atoms with Crippen molar-refractivity contribution in [3.05, 3.63) is 71.8 Å². The first kappa shape index (κ1) is 20.7. The first-order chi connectivity index (χ1) is 12.8. The highest BCUT2D eigenvalue weighted by atomic mass is 31.2. The predicted molar refractivity (Wildman–Crippen MR) is 105 cm³/mol. The fourth-order valence-corrected chi connectivity index (χ4v) is 3.67. The molecule has 0 heterocycles. The van der Waals surface area contributed by atoms with Crippen LogP contribution in [0.1, 0.15) is 20.8 Å². The van der Waals surface area contributed by atoms with Crippen molar-refractivity contribution in [2.24, 2.45) is 5.18 Å². The maximum atomic E-state index is 13.4. The molecule has 1 unspecified atom stereocenters. The van der Waals surface area contributed by atoms with Crippen LogP contribution in [0.3, 0.4) is 0 Å². The third-order valence-corrected chi connectivity index (χ3v) is 4.96. The van der Waals surface area contributed by atoms with Crippen LogP contribution in [0.4, 0.5) is 5.69 Å². The van der Waals surface area contributed by atoms with Crippen molar-refractivity contribution >= 4 is 13.4 Å². The number of para-hydroxylation sites is 1. The van der Waals surface area contributed by atoms with Crippen molar-refractivity contribution < 1.29 is 18.3 Å². The summed E-state index contributed by atoms with van der Waals surface area (Å²) in [6.45, 7) is 9.34. The zero-order valence-corrected chi connectivity index (χ0v) is 16.4. The van der Waals surface area contributed by atoms with Gasteiger partial charge < -0.3 is 13.8 Å². The lowest BCUT2D eigenvalue weighted by molar-refractivity contribution is 0.133. The molecule has 0 spiro atoms. The van der Waals surface area contributed by atoms with Crippen molar-refractivity contribution in [2.45, 2.75) is 32.9 Å². The summed E-state index contributed by atoms with van der Waals surface area (Å²) in [7, 11) is -3.84. The van der Waals surface area contributed by atoms with E-state index in [0.717, 1.165) is 0 Å². The highest BCUT2D eigenvalue weighted by Crippen LogP contribution is 2.46. The van der Waals surface area contributed by atoms with Gasteiger partial charge in [0, 0.05) is 0 Å². The van der Waals surface area contributed by atoms with Gasteiger partial charge >= 0.3 is 7.75 Å². The summed E-state index contributed by atoms with van der Waals surface area (Å²) in [5.74, 6) is 1.05. The number of nitrogens with zero attached hydrogens (tertiary/aromatic N) is 1. The second kappa shape index (κ2) is 9.35. The third-order valence-electron chi connectivity index (χ3n) is 3.36. The normalized spacial score (nSPS) is 14.1. The summed E-state index contributed by atoms with van der Waals surface area (Å²) in [6, 6.07) is 14.1. The molecule has 1 N–H and O–H groups in total. The molecule has 0 saturated carbocycles. The van der Waals surface area contributed by atoms with Gasteiger partial charge in [0.2, 0.25) is 0 Å². The standard InChI is InChI=1S/C19H23N2O5P/c1-14(2)24-16(4)15(3)21-27(23,25-18-8-6-5-7-9-18)26-19-12-10-17(20-22)11-13-19/h5-15H,4H2,1-3H3,(H,21,23)/t15-,27?/m0/s1. The fourth-order valence-electron chi connectivity index (χ4n) is 2.11. The second-order valence-corrected chi connectivity index (χ2v) is 7.68. The molecule has 144 valence electrons. The van der Waals surface area contributed by atoms with Crippen molar-refractivity contribution in [3.8, 4) is 11.5 Å². The molecule has 0 saturated heterocycles. The van der Waals surface area contributed by atoms with E-state index in [1.54, 1.807) is 31.2 Å². The SMILES string of the molecule is C=C(OC(C)C)[C@H](C)NP(=O)(Oc1ccccc1)Oc1ccc(N=O)cc1. The van der Waals surface area contributed by atoms with Gasteiger partial charge in [0.15, 0.2) is 0 Å². The van der Waals surface area contributed by atoms with Gasteiger partial charge in [-0.3, -0.25) is 0 Å². The molecular weight excluding hydrogens is 367 g/mol. The molecule has 0 aliphatic heterocycles. The van der Waals surface area contributed by atoms with Gasteiger partial charge in [-0.25, -0.2) is 4.57 Å². The molecule has 0 aliphatic rings. The summed E-state index contributed by atoms with van der Waals surface area (Å²) in [6.07, 6.45) is -0.0690. The molecule has 0 aliphatic carbocycles. The van der Waals surface area contributed by atoms with Crippen LogP contribution < -0.4 is 14.1 Å². The fraction of sp³-hybridized carbons (Fsp3) is 0.263. The van der Waals surface area contributed by atoms with Crippen LogP contribution in [-0.2, 0) is 9.30 Å². The Balaban J connectivity index is 2.22. The lowest BCUT2D eigenvalue weighted by Gasteiger charge is -2.25. The number of rotatable bonds is 10. The first-order valence-electron chi connectivity index (χ1n) is 8.42. The minimum atomic E-state index is -3.84. The van der Waals surface area contributed by atoms with Crippen molar-refractivity contribution in [3.63, 3.8) is 0 Å². The van der Waals surface area contributed by atoms with Gasteiger partial charge in [-0.2, -0.15) is 5.09 Å². The minimum Gasteiger partial charge on any atom is -0.494 e. The average molecular weight is 390 g/mol. The molecule has 0 amide bonds. The number of benzene rings is 2. The lowest BCUT2D eigenvalue weighted by Crippen LogP contribution is -2.30. The number of ether oxygens (including phenoxy) is 1. The Kier molecular flexibility index (Phi) is 7.16. The van der Waals surface area contributed by atoms with Crippen molar-refractivity contribution in [1.82, 2.24) is 5.09 Å². The summed E-state index contributed by atoms with van der Waals surface area (Å²) in [5.41, 5.74) is 0.237. The maximum absolute atomic E-state index is 13.4. The Morgan fingerprint density at radius 1 is 1.00 bits per heavy atom. The van der Waals surface area contributed by atoms with Crippen LogP contribution in [0.5, 0.6) is 11.5 Å². The highest BCUT2D eigenvalue weighted by molar-refractivity contribution is 7.52. The number of nitrogens with one attached hydrogen (secondary N) is 1. The Labute approximate surface area is 158 Å². The molecule has 2 atom stereocenters. The topological polar surface area (TPSA) is 86.2 Å². The molecule has 7 nitrogen and oxygen atoms in total. The van der Waals surface area contributed by atoms with Crippen LogP contribution >= 0.6 is 7.75 Å². The van der Waals surface area contributed by atoms with Gasteiger partial charge in [-0.15, -0.1) is 4.91 Å². The maximum Gasteiger partial charge on any atom is 0.513 e. The lowest BCUT2D eigenvalue weighted by atomic mass is 10.3. The summed E-state index contributed by atoms with van der Waals surface area (Å²) in [5, 5.41) is 5.65. The Morgan fingerprint density at radius 3 is 2.07 bits per heavy atom. The number of hydrogen-bond donors (Lipinski definition) is 1.